The molecule has 3 nitrogen and oxygen atoms in total. The fraction of sp³-hybridized carbons (Fsp3) is 0.222. The maximum atomic E-state index is 10.6. The summed E-state index contributed by atoms with van der Waals surface area (Å²) in [5.41, 5.74) is 0.344. The van der Waals surface area contributed by atoms with Gasteiger partial charge in [-0.05, 0) is 6.08 Å². The zero-order chi connectivity index (χ0) is 8.97. The first-order chi connectivity index (χ1) is 5.74. The van der Waals surface area contributed by atoms with Crippen molar-refractivity contribution < 1.29 is 14.6 Å². The standard InChI is InChI=1S/C9H10O3/c1-12-8-5-3-2-4-7(6-8)9(10)11/h2-5H,6H2,1H3,(H,10,11). The molecule has 0 fully saturated rings. The topological polar surface area (TPSA) is 46.5 Å². The van der Waals surface area contributed by atoms with Gasteiger partial charge in [-0.25, -0.2) is 4.79 Å². The summed E-state index contributed by atoms with van der Waals surface area (Å²) in [7, 11) is 1.53. The van der Waals surface area contributed by atoms with Crippen molar-refractivity contribution in [1.29, 1.82) is 0 Å². The first-order valence-corrected chi connectivity index (χ1v) is 3.57. The van der Waals surface area contributed by atoms with E-state index >= 15 is 0 Å². The minimum atomic E-state index is -0.899. The molecule has 64 valence electrons. The summed E-state index contributed by atoms with van der Waals surface area (Å²) in [6.07, 6.45) is 7.13. The van der Waals surface area contributed by atoms with Crippen molar-refractivity contribution in [3.8, 4) is 0 Å². The molecule has 1 N–H and O–H groups in total. The molecule has 0 aromatic rings. The number of allylic oxidation sites excluding steroid dienone is 5. The quantitative estimate of drug-likeness (QED) is 0.676. The number of methoxy groups -OCH3 is 1. The Labute approximate surface area is 70.7 Å². The Morgan fingerprint density at radius 1 is 1.50 bits per heavy atom. The average Bonchev–Trinajstić information content (AvgIpc) is 2.28. The summed E-state index contributed by atoms with van der Waals surface area (Å²) in [6.45, 7) is 0. The van der Waals surface area contributed by atoms with Crippen LogP contribution < -0.4 is 0 Å². The Hall–Kier alpha value is -1.51. The highest BCUT2D eigenvalue weighted by molar-refractivity contribution is 5.87. The van der Waals surface area contributed by atoms with Crippen LogP contribution in [-0.4, -0.2) is 18.2 Å². The van der Waals surface area contributed by atoms with Gasteiger partial charge >= 0.3 is 5.97 Å². The van der Waals surface area contributed by atoms with Crippen molar-refractivity contribution in [3.63, 3.8) is 0 Å². The Morgan fingerprint density at radius 2 is 2.17 bits per heavy atom. The highest BCUT2D eigenvalue weighted by atomic mass is 16.5. The van der Waals surface area contributed by atoms with E-state index in [9.17, 15) is 4.79 Å². The second kappa shape index (κ2) is 3.76. The third-order valence-corrected chi connectivity index (χ3v) is 1.59. The van der Waals surface area contributed by atoms with E-state index in [2.05, 4.69) is 0 Å². The molecule has 0 unspecified atom stereocenters. The molecule has 0 aromatic heterocycles. The molecule has 0 saturated carbocycles. The number of ether oxygens (including phenoxy) is 1. The fourth-order valence-electron chi connectivity index (χ4n) is 0.927. The van der Waals surface area contributed by atoms with Gasteiger partial charge in [-0.15, -0.1) is 0 Å². The van der Waals surface area contributed by atoms with Crippen LogP contribution in [0.3, 0.4) is 0 Å². The van der Waals surface area contributed by atoms with Crippen molar-refractivity contribution in [1.82, 2.24) is 0 Å². The van der Waals surface area contributed by atoms with Crippen LogP contribution in [0.15, 0.2) is 35.6 Å². The van der Waals surface area contributed by atoms with Gasteiger partial charge in [0.1, 0.15) is 5.76 Å². The predicted octanol–water partition coefficient (Wildman–Crippen LogP) is 1.49. The summed E-state index contributed by atoms with van der Waals surface area (Å²) in [5.74, 6) is -0.234. The lowest BCUT2D eigenvalue weighted by molar-refractivity contribution is -0.132. The molecule has 1 aliphatic carbocycles. The molecule has 1 aliphatic rings. The zero-order valence-electron chi connectivity index (χ0n) is 6.78. The van der Waals surface area contributed by atoms with Crippen LogP contribution in [0.4, 0.5) is 0 Å². The van der Waals surface area contributed by atoms with Crippen LogP contribution in [0.5, 0.6) is 0 Å². The second-order valence-electron chi connectivity index (χ2n) is 2.40. The number of carboxylic acid groups (broad SMARTS) is 1. The van der Waals surface area contributed by atoms with Gasteiger partial charge in [0, 0.05) is 12.0 Å². The molecule has 0 radical (unpaired) electrons. The van der Waals surface area contributed by atoms with Crippen LogP contribution in [0, 0.1) is 0 Å². The lowest BCUT2D eigenvalue weighted by Crippen LogP contribution is -2.01. The number of hydrogen-bond donors (Lipinski definition) is 1. The number of hydrogen-bond acceptors (Lipinski definition) is 2. The molecular formula is C9H10O3. The predicted molar refractivity (Wildman–Crippen MR) is 44.6 cm³/mol. The lowest BCUT2D eigenvalue weighted by Gasteiger charge is -2.03. The summed E-state index contributed by atoms with van der Waals surface area (Å²) in [4.78, 5) is 10.6. The monoisotopic (exact) mass is 166 g/mol. The first-order valence-electron chi connectivity index (χ1n) is 3.57. The Kier molecular flexibility index (Phi) is 2.69. The van der Waals surface area contributed by atoms with Gasteiger partial charge < -0.3 is 9.84 Å². The van der Waals surface area contributed by atoms with E-state index in [-0.39, 0.29) is 0 Å². The molecule has 0 amide bonds. The van der Waals surface area contributed by atoms with Gasteiger partial charge in [0.15, 0.2) is 0 Å². The summed E-state index contributed by atoms with van der Waals surface area (Å²) >= 11 is 0. The van der Waals surface area contributed by atoms with E-state index in [0.29, 0.717) is 17.8 Å². The summed E-state index contributed by atoms with van der Waals surface area (Å²) < 4.78 is 4.96. The van der Waals surface area contributed by atoms with E-state index in [1.165, 1.54) is 7.11 Å². The van der Waals surface area contributed by atoms with E-state index in [0.717, 1.165) is 0 Å². The van der Waals surface area contributed by atoms with Crippen LogP contribution in [0.25, 0.3) is 0 Å². The highest BCUT2D eigenvalue weighted by Crippen LogP contribution is 2.14. The van der Waals surface area contributed by atoms with Gasteiger partial charge in [0.25, 0.3) is 0 Å². The zero-order valence-corrected chi connectivity index (χ0v) is 6.78. The molecule has 0 spiro atoms. The molecule has 0 atom stereocenters. The fourth-order valence-corrected chi connectivity index (χ4v) is 0.927. The van der Waals surface area contributed by atoms with Gasteiger partial charge in [-0.2, -0.15) is 0 Å². The normalized spacial score (nSPS) is 16.1. The minimum absolute atomic E-state index is 0.344. The Bertz CT molecular complexity index is 271. The van der Waals surface area contributed by atoms with Crippen molar-refractivity contribution >= 4 is 5.97 Å². The lowest BCUT2D eigenvalue weighted by atomic mass is 10.1. The number of carboxylic acids is 1. The van der Waals surface area contributed by atoms with Crippen LogP contribution in [-0.2, 0) is 9.53 Å². The minimum Gasteiger partial charge on any atom is -0.501 e. The highest BCUT2D eigenvalue weighted by Gasteiger charge is 2.10. The van der Waals surface area contributed by atoms with Gasteiger partial charge in [-0.1, -0.05) is 18.2 Å². The maximum Gasteiger partial charge on any atom is 0.332 e. The molecular weight excluding hydrogens is 156 g/mol. The maximum absolute atomic E-state index is 10.6. The number of aliphatic carboxylic acids is 1. The molecule has 0 aromatic carbocycles. The van der Waals surface area contributed by atoms with E-state index in [1.54, 1.807) is 24.3 Å². The molecule has 12 heavy (non-hydrogen) atoms. The summed E-state index contributed by atoms with van der Waals surface area (Å²) in [5, 5.41) is 8.69. The van der Waals surface area contributed by atoms with Gasteiger partial charge in [0.2, 0.25) is 0 Å². The SMILES string of the molecule is COC1=CC=CC=C(C(=O)O)C1. The van der Waals surface area contributed by atoms with Crippen LogP contribution in [0.1, 0.15) is 6.42 Å². The molecule has 0 heterocycles. The van der Waals surface area contributed by atoms with E-state index in [4.69, 9.17) is 9.84 Å². The van der Waals surface area contributed by atoms with Crippen LogP contribution >= 0.6 is 0 Å². The van der Waals surface area contributed by atoms with Crippen molar-refractivity contribution in [2.24, 2.45) is 0 Å². The molecule has 3 heteroatoms. The molecule has 1 rings (SSSR count). The third kappa shape index (κ3) is 1.99. The Morgan fingerprint density at radius 3 is 2.75 bits per heavy atom. The molecule has 0 aliphatic heterocycles. The third-order valence-electron chi connectivity index (χ3n) is 1.59. The number of rotatable bonds is 2. The average molecular weight is 166 g/mol. The van der Waals surface area contributed by atoms with Crippen molar-refractivity contribution in [3.05, 3.63) is 35.6 Å². The summed E-state index contributed by atoms with van der Waals surface area (Å²) in [6, 6.07) is 0. The first kappa shape index (κ1) is 8.59. The second-order valence-corrected chi connectivity index (χ2v) is 2.40. The van der Waals surface area contributed by atoms with E-state index < -0.39 is 5.97 Å². The van der Waals surface area contributed by atoms with Crippen LogP contribution in [0.2, 0.25) is 0 Å². The largest absolute Gasteiger partial charge is 0.501 e. The van der Waals surface area contributed by atoms with Crippen molar-refractivity contribution in [2.45, 2.75) is 6.42 Å². The smallest absolute Gasteiger partial charge is 0.332 e. The van der Waals surface area contributed by atoms with Crippen molar-refractivity contribution in [2.75, 3.05) is 7.11 Å². The van der Waals surface area contributed by atoms with Gasteiger partial charge in [-0.3, -0.25) is 0 Å². The molecule has 0 saturated heterocycles. The Balaban J connectivity index is 2.82. The molecule has 0 bridgehead atoms. The van der Waals surface area contributed by atoms with Gasteiger partial charge in [0.05, 0.1) is 7.11 Å². The number of carbonyl (C=O) groups is 1. The van der Waals surface area contributed by atoms with E-state index in [1.807, 2.05) is 0 Å².